The van der Waals surface area contributed by atoms with E-state index in [4.69, 9.17) is 0 Å². The number of benzene rings is 2. The second-order valence-electron chi connectivity index (χ2n) is 8.93. The van der Waals surface area contributed by atoms with Gasteiger partial charge in [-0.1, -0.05) is 42.5 Å². The third-order valence-corrected chi connectivity index (χ3v) is 7.17. The maximum Gasteiger partial charge on any atom is 0.260 e. The van der Waals surface area contributed by atoms with Crippen LogP contribution in [-0.4, -0.2) is 35.7 Å². The van der Waals surface area contributed by atoms with Crippen molar-refractivity contribution >= 4 is 23.4 Å². The van der Waals surface area contributed by atoms with Crippen LogP contribution in [0.2, 0.25) is 0 Å². The molecule has 2 aliphatic heterocycles. The molecule has 6 heteroatoms. The van der Waals surface area contributed by atoms with E-state index in [1.165, 1.54) is 11.3 Å². The molecule has 2 bridgehead atoms. The first-order chi connectivity index (χ1) is 15.1. The Morgan fingerprint density at radius 3 is 2.48 bits per heavy atom. The van der Waals surface area contributed by atoms with Gasteiger partial charge in [-0.2, -0.15) is 0 Å². The quantitative estimate of drug-likeness (QED) is 0.783. The molecule has 4 aliphatic rings. The highest BCUT2D eigenvalue weighted by molar-refractivity contribution is 6.17. The normalized spacial score (nSPS) is 27.4. The van der Waals surface area contributed by atoms with Gasteiger partial charge in [0, 0.05) is 17.7 Å². The lowest BCUT2D eigenvalue weighted by Gasteiger charge is -2.40. The summed E-state index contributed by atoms with van der Waals surface area (Å²) in [7, 11) is 0. The Balaban J connectivity index is 1.28. The SMILES string of the molecule is O=C(CN1C(=O)c2ccccc2N2C(=O)c3ccccc3[C@@H]12)NC[C@H]1C[C@H]2C=C[C@H]1C2. The fourth-order valence-electron chi connectivity index (χ4n) is 5.72. The standard InChI is InChI=1S/C25H23N3O3/c29-22(26-13-17-12-15-9-10-16(17)11-15)14-27-23-18-5-1-2-6-19(18)25(31)28(23)21-8-4-3-7-20(21)24(27)30/h1-10,15-17,23H,11-14H2,(H,26,29)/t15-,16-,17+,23-/m0/s1. The lowest BCUT2D eigenvalue weighted by atomic mass is 9.93. The van der Waals surface area contributed by atoms with Gasteiger partial charge in [-0.25, -0.2) is 0 Å². The summed E-state index contributed by atoms with van der Waals surface area (Å²) in [6, 6.07) is 14.5. The van der Waals surface area contributed by atoms with E-state index in [1.54, 1.807) is 29.2 Å². The molecule has 0 saturated heterocycles. The van der Waals surface area contributed by atoms with Gasteiger partial charge in [0.15, 0.2) is 0 Å². The number of carbonyl (C=O) groups is 3. The second-order valence-corrected chi connectivity index (χ2v) is 8.93. The van der Waals surface area contributed by atoms with Crippen LogP contribution in [-0.2, 0) is 4.79 Å². The predicted octanol–water partition coefficient (Wildman–Crippen LogP) is 3.13. The van der Waals surface area contributed by atoms with Gasteiger partial charge in [0.2, 0.25) is 5.91 Å². The van der Waals surface area contributed by atoms with Crippen molar-refractivity contribution in [2.24, 2.45) is 17.8 Å². The molecule has 3 amide bonds. The Bertz CT molecular complexity index is 1140. The Morgan fingerprint density at radius 2 is 1.71 bits per heavy atom. The molecule has 2 aliphatic carbocycles. The molecule has 2 heterocycles. The van der Waals surface area contributed by atoms with Gasteiger partial charge in [0.25, 0.3) is 11.8 Å². The summed E-state index contributed by atoms with van der Waals surface area (Å²) in [4.78, 5) is 42.6. The molecule has 2 aromatic carbocycles. The van der Waals surface area contributed by atoms with E-state index in [2.05, 4.69) is 17.5 Å². The predicted molar refractivity (Wildman–Crippen MR) is 115 cm³/mol. The number of fused-ring (bicyclic) bond motifs is 7. The summed E-state index contributed by atoms with van der Waals surface area (Å²) < 4.78 is 0. The summed E-state index contributed by atoms with van der Waals surface area (Å²) in [6.45, 7) is 0.555. The molecule has 31 heavy (non-hydrogen) atoms. The topological polar surface area (TPSA) is 69.7 Å². The minimum absolute atomic E-state index is 0.0768. The summed E-state index contributed by atoms with van der Waals surface area (Å²) in [5.41, 5.74) is 2.40. The molecule has 1 fully saturated rings. The zero-order valence-corrected chi connectivity index (χ0v) is 17.0. The van der Waals surface area contributed by atoms with Crippen LogP contribution in [0.5, 0.6) is 0 Å². The van der Waals surface area contributed by atoms with Crippen LogP contribution in [0.1, 0.15) is 45.3 Å². The van der Waals surface area contributed by atoms with Crippen molar-refractivity contribution in [2.45, 2.75) is 19.0 Å². The van der Waals surface area contributed by atoms with Crippen LogP contribution < -0.4 is 10.2 Å². The van der Waals surface area contributed by atoms with E-state index in [0.717, 1.165) is 12.0 Å². The average molecular weight is 413 g/mol. The van der Waals surface area contributed by atoms with Crippen LogP contribution in [0.4, 0.5) is 5.69 Å². The van der Waals surface area contributed by atoms with Gasteiger partial charge >= 0.3 is 0 Å². The summed E-state index contributed by atoms with van der Waals surface area (Å²) in [5.74, 6) is 1.14. The lowest BCUT2D eigenvalue weighted by molar-refractivity contribution is -0.122. The highest BCUT2D eigenvalue weighted by atomic mass is 16.2. The maximum absolute atomic E-state index is 13.4. The van der Waals surface area contributed by atoms with Gasteiger partial charge in [-0.3, -0.25) is 19.3 Å². The molecular formula is C25H23N3O3. The average Bonchev–Trinajstić information content (AvgIpc) is 3.49. The summed E-state index contributed by atoms with van der Waals surface area (Å²) >= 11 is 0. The van der Waals surface area contributed by atoms with E-state index in [1.807, 2.05) is 24.3 Å². The molecule has 0 unspecified atom stereocenters. The number of hydrogen-bond donors (Lipinski definition) is 1. The molecular weight excluding hydrogens is 390 g/mol. The Labute approximate surface area is 180 Å². The molecule has 156 valence electrons. The number of allylic oxidation sites excluding steroid dienone is 2. The fourth-order valence-corrected chi connectivity index (χ4v) is 5.72. The largest absolute Gasteiger partial charge is 0.354 e. The van der Waals surface area contributed by atoms with E-state index in [9.17, 15) is 14.4 Å². The third kappa shape index (κ3) is 2.74. The van der Waals surface area contributed by atoms with Gasteiger partial charge in [0.1, 0.15) is 12.7 Å². The van der Waals surface area contributed by atoms with Crippen molar-refractivity contribution in [3.63, 3.8) is 0 Å². The molecule has 1 N–H and O–H groups in total. The first kappa shape index (κ1) is 18.4. The first-order valence-corrected chi connectivity index (χ1v) is 10.9. The van der Waals surface area contributed by atoms with Gasteiger partial charge in [0.05, 0.1) is 11.3 Å². The molecule has 0 aromatic heterocycles. The lowest BCUT2D eigenvalue weighted by Crippen LogP contribution is -2.51. The molecule has 4 atom stereocenters. The van der Waals surface area contributed by atoms with Crippen LogP contribution in [0, 0.1) is 17.8 Å². The number of nitrogens with one attached hydrogen (secondary N) is 1. The highest BCUT2D eigenvalue weighted by Crippen LogP contribution is 2.45. The van der Waals surface area contributed by atoms with Crippen molar-refractivity contribution in [3.05, 3.63) is 77.4 Å². The fraction of sp³-hybridized carbons (Fsp3) is 0.320. The summed E-state index contributed by atoms with van der Waals surface area (Å²) in [6.07, 6.45) is 6.28. The zero-order valence-electron chi connectivity index (χ0n) is 17.0. The van der Waals surface area contributed by atoms with Crippen molar-refractivity contribution < 1.29 is 14.4 Å². The Morgan fingerprint density at radius 1 is 0.935 bits per heavy atom. The molecule has 2 aromatic rings. The van der Waals surface area contributed by atoms with Crippen LogP contribution in [0.25, 0.3) is 0 Å². The number of para-hydroxylation sites is 1. The van der Waals surface area contributed by atoms with Crippen molar-refractivity contribution in [1.82, 2.24) is 10.2 Å². The van der Waals surface area contributed by atoms with Crippen molar-refractivity contribution in [1.29, 1.82) is 0 Å². The highest BCUT2D eigenvalue weighted by Gasteiger charge is 2.48. The van der Waals surface area contributed by atoms with Crippen LogP contribution in [0.3, 0.4) is 0 Å². The van der Waals surface area contributed by atoms with Gasteiger partial charge in [-0.05, 0) is 48.8 Å². The first-order valence-electron chi connectivity index (χ1n) is 10.9. The number of hydrogen-bond acceptors (Lipinski definition) is 3. The number of nitrogens with zero attached hydrogens (tertiary/aromatic N) is 2. The van der Waals surface area contributed by atoms with Crippen LogP contribution >= 0.6 is 0 Å². The molecule has 6 nitrogen and oxygen atoms in total. The monoisotopic (exact) mass is 413 g/mol. The van der Waals surface area contributed by atoms with Crippen molar-refractivity contribution in [2.75, 3.05) is 18.0 Å². The molecule has 1 saturated carbocycles. The summed E-state index contributed by atoms with van der Waals surface area (Å²) in [5, 5.41) is 3.05. The minimum atomic E-state index is -0.595. The van der Waals surface area contributed by atoms with Crippen molar-refractivity contribution in [3.8, 4) is 0 Å². The molecule has 0 spiro atoms. The number of anilines is 1. The second kappa shape index (κ2) is 6.80. The molecule has 6 rings (SSSR count). The van der Waals surface area contributed by atoms with E-state index >= 15 is 0 Å². The molecule has 0 radical (unpaired) electrons. The van der Waals surface area contributed by atoms with E-state index in [-0.39, 0.29) is 24.3 Å². The number of carbonyl (C=O) groups excluding carboxylic acids is 3. The Hall–Kier alpha value is -3.41. The van der Waals surface area contributed by atoms with Gasteiger partial charge < -0.3 is 10.2 Å². The van der Waals surface area contributed by atoms with E-state index in [0.29, 0.717) is 41.1 Å². The smallest absolute Gasteiger partial charge is 0.260 e. The maximum atomic E-state index is 13.4. The minimum Gasteiger partial charge on any atom is -0.354 e. The van der Waals surface area contributed by atoms with Gasteiger partial charge in [-0.15, -0.1) is 0 Å². The number of rotatable bonds is 4. The number of amides is 3. The van der Waals surface area contributed by atoms with E-state index < -0.39 is 6.17 Å². The zero-order chi connectivity index (χ0) is 21.1. The third-order valence-electron chi connectivity index (χ3n) is 7.17. The van der Waals surface area contributed by atoms with Crippen LogP contribution in [0.15, 0.2) is 60.7 Å². The Kier molecular flexibility index (Phi) is 4.03.